The Kier molecular flexibility index (Phi) is 4.99. The number of aromatic amines is 1. The first-order chi connectivity index (χ1) is 9.67. The fraction of sp³-hybridized carbons (Fsp3) is 0.500. The summed E-state index contributed by atoms with van der Waals surface area (Å²) in [4.78, 5) is 7.66. The Morgan fingerprint density at radius 1 is 1.10 bits per heavy atom. The van der Waals surface area contributed by atoms with Crippen LogP contribution in [-0.2, 0) is 12.8 Å². The van der Waals surface area contributed by atoms with Gasteiger partial charge in [0.25, 0.3) is 0 Å². The molecule has 20 heavy (non-hydrogen) atoms. The lowest BCUT2D eigenvalue weighted by Crippen LogP contribution is -2.06. The van der Waals surface area contributed by atoms with Crippen molar-refractivity contribution in [3.63, 3.8) is 0 Å². The van der Waals surface area contributed by atoms with Gasteiger partial charge in [-0.05, 0) is 56.2 Å². The lowest BCUT2D eigenvalue weighted by Gasteiger charge is -2.21. The topological polar surface area (TPSA) is 28.7 Å². The first-order valence-corrected chi connectivity index (χ1v) is 7.80. The Morgan fingerprint density at radius 2 is 1.75 bits per heavy atom. The Morgan fingerprint density at radius 3 is 2.35 bits per heavy atom. The molecular formula is C18H28N2. The molecule has 0 atom stereocenters. The summed E-state index contributed by atoms with van der Waals surface area (Å²) >= 11 is 0. The van der Waals surface area contributed by atoms with Crippen LogP contribution >= 0.6 is 0 Å². The summed E-state index contributed by atoms with van der Waals surface area (Å²) in [7, 11) is 0. The molecule has 2 nitrogen and oxygen atoms in total. The van der Waals surface area contributed by atoms with Crippen LogP contribution in [0.2, 0.25) is 0 Å². The standard InChI is InChI=1S/C15H18N2.C3H8.H2/c1-10-7-8-14(15-9-16-11(2)17-15)13-6-4-3-5-12(10)13;1-3-2;/h7-9H,3-6H2,1-2H3,(H,16,17);3H2,1-2H3;1H. The molecule has 110 valence electrons. The van der Waals surface area contributed by atoms with Gasteiger partial charge in [0.05, 0.1) is 11.9 Å². The molecule has 1 aromatic heterocycles. The van der Waals surface area contributed by atoms with E-state index in [9.17, 15) is 0 Å². The number of benzene rings is 1. The van der Waals surface area contributed by atoms with Gasteiger partial charge in [0, 0.05) is 6.99 Å². The highest BCUT2D eigenvalue weighted by Gasteiger charge is 2.16. The van der Waals surface area contributed by atoms with Gasteiger partial charge in [-0.1, -0.05) is 32.4 Å². The van der Waals surface area contributed by atoms with E-state index in [1.807, 2.05) is 13.1 Å². The predicted molar refractivity (Wildman–Crippen MR) is 88.2 cm³/mol. The van der Waals surface area contributed by atoms with Crippen molar-refractivity contribution in [2.24, 2.45) is 0 Å². The number of aromatic nitrogens is 2. The highest BCUT2D eigenvalue weighted by Crippen LogP contribution is 2.32. The maximum atomic E-state index is 4.31. The lowest BCUT2D eigenvalue weighted by molar-refractivity contribution is 0.683. The molecule has 2 heteroatoms. The molecule has 3 rings (SSSR count). The van der Waals surface area contributed by atoms with E-state index in [-0.39, 0.29) is 1.43 Å². The molecule has 0 unspecified atom stereocenters. The number of H-pyrrole nitrogens is 1. The molecule has 2 aromatic rings. The molecule has 1 N–H and O–H groups in total. The summed E-state index contributed by atoms with van der Waals surface area (Å²) < 4.78 is 0. The molecule has 0 fully saturated rings. The quantitative estimate of drug-likeness (QED) is 0.756. The summed E-state index contributed by atoms with van der Waals surface area (Å²) in [6, 6.07) is 4.49. The van der Waals surface area contributed by atoms with Crippen LogP contribution in [-0.4, -0.2) is 9.97 Å². The molecule has 0 saturated heterocycles. The molecule has 0 bridgehead atoms. The van der Waals surface area contributed by atoms with Crippen molar-refractivity contribution in [2.75, 3.05) is 0 Å². The minimum Gasteiger partial charge on any atom is -0.342 e. The van der Waals surface area contributed by atoms with E-state index >= 15 is 0 Å². The Hall–Kier alpha value is -1.57. The maximum absolute atomic E-state index is 4.31. The number of rotatable bonds is 1. The van der Waals surface area contributed by atoms with Crippen LogP contribution in [0.1, 0.15) is 57.1 Å². The number of hydrogen-bond acceptors (Lipinski definition) is 1. The number of nitrogens with one attached hydrogen (secondary N) is 1. The third kappa shape index (κ3) is 3.12. The van der Waals surface area contributed by atoms with Crippen molar-refractivity contribution in [1.29, 1.82) is 0 Å². The van der Waals surface area contributed by atoms with E-state index in [0.717, 1.165) is 5.82 Å². The van der Waals surface area contributed by atoms with Crippen molar-refractivity contribution < 1.29 is 1.43 Å². The lowest BCUT2D eigenvalue weighted by atomic mass is 9.85. The van der Waals surface area contributed by atoms with Gasteiger partial charge in [0.1, 0.15) is 5.82 Å². The molecule has 0 radical (unpaired) electrons. The van der Waals surface area contributed by atoms with Crippen LogP contribution in [0.5, 0.6) is 0 Å². The van der Waals surface area contributed by atoms with E-state index in [2.05, 4.69) is 42.9 Å². The Balaban J connectivity index is 0.000000510. The summed E-state index contributed by atoms with van der Waals surface area (Å²) in [5.41, 5.74) is 7.08. The van der Waals surface area contributed by atoms with Crippen molar-refractivity contribution in [3.8, 4) is 11.3 Å². The Bertz CT molecular complexity index is 573. The monoisotopic (exact) mass is 272 g/mol. The second-order valence-corrected chi connectivity index (χ2v) is 5.68. The van der Waals surface area contributed by atoms with Gasteiger partial charge < -0.3 is 4.98 Å². The minimum atomic E-state index is 0. The molecule has 0 amide bonds. The number of nitrogens with zero attached hydrogens (tertiary/aromatic N) is 1. The first-order valence-electron chi connectivity index (χ1n) is 7.80. The van der Waals surface area contributed by atoms with Gasteiger partial charge >= 0.3 is 0 Å². The zero-order chi connectivity index (χ0) is 14.5. The van der Waals surface area contributed by atoms with Crippen LogP contribution in [0.25, 0.3) is 11.3 Å². The van der Waals surface area contributed by atoms with Gasteiger partial charge in [-0.25, -0.2) is 4.98 Å². The fourth-order valence-corrected chi connectivity index (χ4v) is 2.86. The highest BCUT2D eigenvalue weighted by molar-refractivity contribution is 5.66. The number of fused-ring (bicyclic) bond motifs is 1. The first kappa shape index (κ1) is 14.8. The molecule has 1 aromatic carbocycles. The highest BCUT2D eigenvalue weighted by atomic mass is 14.9. The molecule has 1 aliphatic rings. The van der Waals surface area contributed by atoms with Crippen LogP contribution in [0.4, 0.5) is 0 Å². The van der Waals surface area contributed by atoms with Gasteiger partial charge in [-0.3, -0.25) is 0 Å². The molecule has 0 aliphatic heterocycles. The van der Waals surface area contributed by atoms with Crippen LogP contribution in [0.3, 0.4) is 0 Å². The third-order valence-electron chi connectivity index (χ3n) is 3.76. The van der Waals surface area contributed by atoms with Crippen LogP contribution in [0.15, 0.2) is 18.3 Å². The van der Waals surface area contributed by atoms with E-state index < -0.39 is 0 Å². The SMILES string of the molecule is CCC.Cc1ncc(-c2ccc(C)c3c2CCCC3)[nH]1.[HH]. The summed E-state index contributed by atoms with van der Waals surface area (Å²) in [5, 5.41) is 0. The van der Waals surface area contributed by atoms with Crippen LogP contribution in [0, 0.1) is 13.8 Å². The molecule has 1 heterocycles. The molecule has 0 spiro atoms. The summed E-state index contributed by atoms with van der Waals surface area (Å²) in [6.07, 6.45) is 8.30. The van der Waals surface area contributed by atoms with E-state index in [1.54, 1.807) is 11.1 Å². The summed E-state index contributed by atoms with van der Waals surface area (Å²) in [6.45, 7) is 8.48. The van der Waals surface area contributed by atoms with Gasteiger partial charge in [0.15, 0.2) is 0 Å². The smallest absolute Gasteiger partial charge is 0.103 e. The van der Waals surface area contributed by atoms with Gasteiger partial charge in [-0.15, -0.1) is 0 Å². The van der Waals surface area contributed by atoms with E-state index in [4.69, 9.17) is 0 Å². The third-order valence-corrected chi connectivity index (χ3v) is 3.76. The van der Waals surface area contributed by atoms with Crippen molar-refractivity contribution >= 4 is 0 Å². The number of aryl methyl sites for hydroxylation is 2. The number of hydrogen-bond donors (Lipinski definition) is 1. The van der Waals surface area contributed by atoms with Gasteiger partial charge in [-0.2, -0.15) is 0 Å². The fourth-order valence-electron chi connectivity index (χ4n) is 2.86. The largest absolute Gasteiger partial charge is 0.342 e. The van der Waals surface area contributed by atoms with Crippen molar-refractivity contribution in [2.45, 2.75) is 59.8 Å². The second-order valence-electron chi connectivity index (χ2n) is 5.68. The maximum Gasteiger partial charge on any atom is 0.103 e. The normalized spacial score (nSPS) is 13.4. The molecule has 0 saturated carbocycles. The second kappa shape index (κ2) is 6.74. The summed E-state index contributed by atoms with van der Waals surface area (Å²) in [5.74, 6) is 0.991. The average molecular weight is 272 g/mol. The minimum absolute atomic E-state index is 0. The average Bonchev–Trinajstić information content (AvgIpc) is 2.87. The molecular weight excluding hydrogens is 244 g/mol. The zero-order valence-electron chi connectivity index (χ0n) is 13.2. The van der Waals surface area contributed by atoms with Gasteiger partial charge in [0.2, 0.25) is 0 Å². The molecule has 1 aliphatic carbocycles. The number of imidazole rings is 1. The van der Waals surface area contributed by atoms with Crippen LogP contribution < -0.4 is 0 Å². The van der Waals surface area contributed by atoms with E-state index in [0.29, 0.717) is 0 Å². The zero-order valence-corrected chi connectivity index (χ0v) is 13.2. The Labute approximate surface area is 124 Å². The van der Waals surface area contributed by atoms with Crippen molar-refractivity contribution in [1.82, 2.24) is 9.97 Å². The predicted octanol–water partition coefficient (Wildman–Crippen LogP) is 5.23. The van der Waals surface area contributed by atoms with E-state index in [1.165, 1.54) is 48.9 Å². The van der Waals surface area contributed by atoms with Crippen molar-refractivity contribution in [3.05, 3.63) is 40.8 Å².